The first-order valence-corrected chi connectivity index (χ1v) is 8.28. The maximum atomic E-state index is 11.9. The van der Waals surface area contributed by atoms with E-state index in [9.17, 15) is 8.42 Å². The van der Waals surface area contributed by atoms with E-state index >= 15 is 0 Å². The van der Waals surface area contributed by atoms with Gasteiger partial charge in [0.15, 0.2) is 0 Å². The Morgan fingerprint density at radius 1 is 1.45 bits per heavy atom. The third-order valence-corrected chi connectivity index (χ3v) is 5.18. The minimum absolute atomic E-state index is 0.116. The lowest BCUT2D eigenvalue weighted by molar-refractivity contribution is -0.00483. The van der Waals surface area contributed by atoms with E-state index in [1.54, 1.807) is 6.92 Å². The van der Waals surface area contributed by atoms with Crippen molar-refractivity contribution in [2.24, 2.45) is 0 Å². The smallest absolute Gasteiger partial charge is 0.214 e. The van der Waals surface area contributed by atoms with E-state index in [-0.39, 0.29) is 11.9 Å². The molecule has 0 amide bonds. The molecule has 0 bridgehead atoms. The molecule has 0 radical (unpaired) electrons. The average molecular weight is 299 g/mol. The number of hydrogen-bond donors (Lipinski definition) is 0. The summed E-state index contributed by atoms with van der Waals surface area (Å²) in [7, 11) is 0.663. The Morgan fingerprint density at radius 3 is 2.85 bits per heavy atom. The minimum atomic E-state index is -3.17. The number of anilines is 1. The van der Waals surface area contributed by atoms with Crippen molar-refractivity contribution >= 4 is 15.8 Å². The Balaban J connectivity index is 2.19. The predicted molar refractivity (Wildman–Crippen MR) is 78.3 cm³/mol. The van der Waals surface area contributed by atoms with Crippen molar-refractivity contribution in [2.45, 2.75) is 13.0 Å². The third kappa shape index (κ3) is 3.28. The van der Waals surface area contributed by atoms with Crippen LogP contribution in [-0.4, -0.2) is 57.3 Å². The van der Waals surface area contributed by atoms with Gasteiger partial charge in [-0.2, -0.15) is 4.31 Å². The van der Waals surface area contributed by atoms with E-state index in [0.717, 1.165) is 11.5 Å². The van der Waals surface area contributed by atoms with Gasteiger partial charge in [-0.05, 0) is 19.1 Å². The first-order chi connectivity index (χ1) is 9.44. The van der Waals surface area contributed by atoms with Crippen LogP contribution in [0.5, 0.6) is 0 Å². The fourth-order valence-corrected chi connectivity index (χ4v) is 3.19. The standard InChI is InChI=1S/C13H21N3O3S/c1-4-20(17,18)16-8-9-19-12(10-16)11-6-5-7-13(14-11)15(2)3/h5-7,12H,4,8-10H2,1-3H3. The van der Waals surface area contributed by atoms with E-state index in [1.165, 1.54) is 4.31 Å². The van der Waals surface area contributed by atoms with Gasteiger partial charge in [-0.25, -0.2) is 13.4 Å². The fraction of sp³-hybridized carbons (Fsp3) is 0.615. The monoisotopic (exact) mass is 299 g/mol. The molecule has 112 valence electrons. The Morgan fingerprint density at radius 2 is 2.20 bits per heavy atom. The summed E-state index contributed by atoms with van der Waals surface area (Å²) in [5.41, 5.74) is 0.771. The molecule has 0 aromatic carbocycles. The van der Waals surface area contributed by atoms with Crippen LogP contribution in [0.15, 0.2) is 18.2 Å². The predicted octanol–water partition coefficient (Wildman–Crippen LogP) is 0.871. The molecule has 2 rings (SSSR count). The van der Waals surface area contributed by atoms with Crippen LogP contribution in [0, 0.1) is 0 Å². The van der Waals surface area contributed by atoms with Crippen LogP contribution in [0.2, 0.25) is 0 Å². The van der Waals surface area contributed by atoms with Gasteiger partial charge >= 0.3 is 0 Å². The maximum absolute atomic E-state index is 11.9. The molecule has 20 heavy (non-hydrogen) atoms. The highest BCUT2D eigenvalue weighted by Crippen LogP contribution is 2.24. The second kappa shape index (κ2) is 6.07. The Bertz CT molecular complexity index is 560. The van der Waals surface area contributed by atoms with Crippen molar-refractivity contribution in [1.82, 2.24) is 9.29 Å². The normalized spacial score (nSPS) is 20.9. The molecular weight excluding hydrogens is 278 g/mol. The molecule has 0 spiro atoms. The van der Waals surface area contributed by atoms with E-state index in [4.69, 9.17) is 4.74 Å². The van der Waals surface area contributed by atoms with Gasteiger partial charge in [-0.1, -0.05) is 6.07 Å². The molecule has 1 aromatic rings. The van der Waals surface area contributed by atoms with Gasteiger partial charge in [0.05, 0.1) is 18.1 Å². The maximum Gasteiger partial charge on any atom is 0.214 e. The van der Waals surface area contributed by atoms with Crippen molar-refractivity contribution in [2.75, 3.05) is 44.4 Å². The van der Waals surface area contributed by atoms with E-state index in [1.807, 2.05) is 37.2 Å². The third-order valence-electron chi connectivity index (χ3n) is 3.33. The number of morpholine rings is 1. The lowest BCUT2D eigenvalue weighted by Gasteiger charge is -2.31. The van der Waals surface area contributed by atoms with Crippen LogP contribution in [0.3, 0.4) is 0 Å². The van der Waals surface area contributed by atoms with Crippen LogP contribution < -0.4 is 4.90 Å². The van der Waals surface area contributed by atoms with Crippen LogP contribution in [0.1, 0.15) is 18.7 Å². The second-order valence-electron chi connectivity index (χ2n) is 4.93. The number of sulfonamides is 1. The second-order valence-corrected chi connectivity index (χ2v) is 7.19. The Hall–Kier alpha value is -1.18. The lowest BCUT2D eigenvalue weighted by Crippen LogP contribution is -2.43. The minimum Gasteiger partial charge on any atom is -0.369 e. The van der Waals surface area contributed by atoms with Crippen LogP contribution in [0.4, 0.5) is 5.82 Å². The van der Waals surface area contributed by atoms with Gasteiger partial charge in [0.1, 0.15) is 11.9 Å². The molecule has 1 aliphatic rings. The molecule has 1 aromatic heterocycles. The molecule has 0 aliphatic carbocycles. The summed E-state index contributed by atoms with van der Waals surface area (Å²) in [6.45, 7) is 2.81. The summed E-state index contributed by atoms with van der Waals surface area (Å²) in [6.07, 6.45) is -0.301. The molecule has 1 aliphatic heterocycles. The molecule has 1 atom stereocenters. The number of pyridine rings is 1. The first kappa shape index (κ1) is 15.2. The van der Waals surface area contributed by atoms with Crippen LogP contribution >= 0.6 is 0 Å². The zero-order valence-electron chi connectivity index (χ0n) is 12.1. The van der Waals surface area contributed by atoms with Crippen LogP contribution in [-0.2, 0) is 14.8 Å². The molecule has 1 saturated heterocycles. The molecule has 1 unspecified atom stereocenters. The zero-order valence-corrected chi connectivity index (χ0v) is 12.9. The number of ether oxygens (including phenoxy) is 1. The van der Waals surface area contributed by atoms with Crippen LogP contribution in [0.25, 0.3) is 0 Å². The summed E-state index contributed by atoms with van der Waals surface area (Å²) < 4.78 is 31.1. The molecule has 1 fully saturated rings. The van der Waals surface area contributed by atoms with Gasteiger partial charge in [0.25, 0.3) is 0 Å². The summed E-state index contributed by atoms with van der Waals surface area (Å²) in [4.78, 5) is 6.43. The highest BCUT2D eigenvalue weighted by atomic mass is 32.2. The van der Waals surface area contributed by atoms with Gasteiger partial charge < -0.3 is 9.64 Å². The van der Waals surface area contributed by atoms with Crippen molar-refractivity contribution < 1.29 is 13.2 Å². The van der Waals surface area contributed by atoms with Crippen molar-refractivity contribution in [3.8, 4) is 0 Å². The zero-order chi connectivity index (χ0) is 14.8. The lowest BCUT2D eigenvalue weighted by atomic mass is 10.2. The number of rotatable bonds is 4. The summed E-state index contributed by atoms with van der Waals surface area (Å²) in [5.74, 6) is 0.951. The first-order valence-electron chi connectivity index (χ1n) is 6.67. The van der Waals surface area contributed by atoms with Crippen molar-refractivity contribution in [3.05, 3.63) is 23.9 Å². The van der Waals surface area contributed by atoms with Gasteiger partial charge in [-0.15, -0.1) is 0 Å². The molecule has 0 saturated carbocycles. The van der Waals surface area contributed by atoms with Gasteiger partial charge in [0.2, 0.25) is 10.0 Å². The van der Waals surface area contributed by atoms with Gasteiger partial charge in [0, 0.05) is 27.2 Å². The molecule has 0 N–H and O–H groups in total. The van der Waals surface area contributed by atoms with Crippen molar-refractivity contribution in [3.63, 3.8) is 0 Å². The fourth-order valence-electron chi connectivity index (χ4n) is 2.11. The van der Waals surface area contributed by atoms with E-state index in [2.05, 4.69) is 4.98 Å². The van der Waals surface area contributed by atoms with E-state index < -0.39 is 10.0 Å². The number of aromatic nitrogens is 1. The summed E-state index contributed by atoms with van der Waals surface area (Å²) in [6, 6.07) is 5.70. The molecule has 7 heteroatoms. The Kier molecular flexibility index (Phi) is 4.62. The average Bonchev–Trinajstić information content (AvgIpc) is 2.47. The Labute approximate surface area is 120 Å². The molecule has 2 heterocycles. The number of nitrogens with zero attached hydrogens (tertiary/aromatic N) is 3. The van der Waals surface area contributed by atoms with E-state index in [0.29, 0.717) is 19.7 Å². The molecule has 6 nitrogen and oxygen atoms in total. The largest absolute Gasteiger partial charge is 0.369 e. The highest BCUT2D eigenvalue weighted by molar-refractivity contribution is 7.89. The highest BCUT2D eigenvalue weighted by Gasteiger charge is 2.29. The van der Waals surface area contributed by atoms with Crippen molar-refractivity contribution in [1.29, 1.82) is 0 Å². The molecular formula is C13H21N3O3S. The SMILES string of the molecule is CCS(=O)(=O)N1CCOC(c2cccc(N(C)C)n2)C1. The quantitative estimate of drug-likeness (QED) is 0.825. The topological polar surface area (TPSA) is 62.7 Å². The summed E-state index contributed by atoms with van der Waals surface area (Å²) in [5, 5.41) is 0. The van der Waals surface area contributed by atoms with Gasteiger partial charge in [-0.3, -0.25) is 0 Å². The summed E-state index contributed by atoms with van der Waals surface area (Å²) >= 11 is 0. The number of hydrogen-bond acceptors (Lipinski definition) is 5.